The number of benzene rings is 1. The van der Waals surface area contributed by atoms with Crippen LogP contribution in [-0.4, -0.2) is 21.7 Å². The van der Waals surface area contributed by atoms with Gasteiger partial charge in [-0.3, -0.25) is 5.32 Å². The minimum Gasteiger partial charge on any atom is -0.444 e. The fraction of sp³-hybridized carbons (Fsp3) is 0.312. The number of carbonyl (C=O) groups is 1. The van der Waals surface area contributed by atoms with E-state index in [1.54, 1.807) is 6.20 Å². The Morgan fingerprint density at radius 2 is 1.95 bits per heavy atom. The number of aromatic nitrogens is 2. The number of ether oxygens (including phenoxy) is 1. The van der Waals surface area contributed by atoms with E-state index >= 15 is 0 Å². The molecule has 0 spiro atoms. The molecule has 1 N–H and O–H groups in total. The van der Waals surface area contributed by atoms with E-state index in [1.165, 1.54) is 6.33 Å². The first kappa shape index (κ1) is 15.0. The van der Waals surface area contributed by atoms with Crippen LogP contribution >= 0.6 is 0 Å². The second-order valence-electron chi connectivity index (χ2n) is 5.73. The number of hydrogen-bond donors (Lipinski definition) is 1. The number of aryl methyl sites for hydroxylation is 1. The second kappa shape index (κ2) is 5.91. The summed E-state index contributed by atoms with van der Waals surface area (Å²) >= 11 is 0. The van der Waals surface area contributed by atoms with E-state index in [0.29, 0.717) is 11.4 Å². The quantitative estimate of drug-likeness (QED) is 0.911. The molecule has 5 nitrogen and oxygen atoms in total. The van der Waals surface area contributed by atoms with Crippen LogP contribution in [0.5, 0.6) is 0 Å². The van der Waals surface area contributed by atoms with Gasteiger partial charge in [-0.05, 0) is 33.3 Å². The van der Waals surface area contributed by atoms with Crippen LogP contribution in [0, 0.1) is 6.92 Å². The zero-order chi connectivity index (χ0) is 15.5. The normalized spacial score (nSPS) is 11.0. The van der Waals surface area contributed by atoms with E-state index in [1.807, 2.05) is 52.0 Å². The molecule has 1 amide bonds. The van der Waals surface area contributed by atoms with Crippen LogP contribution in [0.4, 0.5) is 10.5 Å². The van der Waals surface area contributed by atoms with Gasteiger partial charge in [0, 0.05) is 5.56 Å². The lowest BCUT2D eigenvalue weighted by Crippen LogP contribution is -2.27. The first-order chi connectivity index (χ1) is 9.87. The van der Waals surface area contributed by atoms with Crippen molar-refractivity contribution in [3.05, 3.63) is 42.4 Å². The molecule has 0 radical (unpaired) electrons. The molecule has 110 valence electrons. The monoisotopic (exact) mass is 285 g/mol. The Morgan fingerprint density at radius 3 is 2.62 bits per heavy atom. The molecule has 0 bridgehead atoms. The third kappa shape index (κ3) is 4.02. The van der Waals surface area contributed by atoms with Crippen LogP contribution < -0.4 is 5.32 Å². The van der Waals surface area contributed by atoms with Crippen molar-refractivity contribution in [3.63, 3.8) is 0 Å². The molecule has 21 heavy (non-hydrogen) atoms. The fourth-order valence-electron chi connectivity index (χ4n) is 1.89. The van der Waals surface area contributed by atoms with Gasteiger partial charge in [-0.25, -0.2) is 14.8 Å². The molecule has 0 aliphatic carbocycles. The Balaban J connectivity index is 2.30. The van der Waals surface area contributed by atoms with Crippen molar-refractivity contribution in [2.75, 3.05) is 5.32 Å². The van der Waals surface area contributed by atoms with Crippen molar-refractivity contribution in [1.82, 2.24) is 9.97 Å². The third-order valence-electron chi connectivity index (χ3n) is 2.75. The van der Waals surface area contributed by atoms with E-state index in [9.17, 15) is 4.79 Å². The predicted molar refractivity (Wildman–Crippen MR) is 82.1 cm³/mol. The highest BCUT2D eigenvalue weighted by Crippen LogP contribution is 2.27. The maximum absolute atomic E-state index is 11.9. The first-order valence-corrected chi connectivity index (χ1v) is 6.73. The van der Waals surface area contributed by atoms with Gasteiger partial charge in [0.1, 0.15) is 11.9 Å². The Morgan fingerprint density at radius 1 is 1.24 bits per heavy atom. The molecule has 0 fully saturated rings. The Kier molecular flexibility index (Phi) is 4.21. The van der Waals surface area contributed by atoms with Crippen molar-refractivity contribution >= 4 is 11.8 Å². The van der Waals surface area contributed by atoms with Gasteiger partial charge in [0.25, 0.3) is 0 Å². The summed E-state index contributed by atoms with van der Waals surface area (Å²) in [7, 11) is 0. The van der Waals surface area contributed by atoms with Crippen LogP contribution in [0.25, 0.3) is 11.3 Å². The Hall–Kier alpha value is -2.43. The summed E-state index contributed by atoms with van der Waals surface area (Å²) in [6.45, 7) is 7.44. The molecule has 2 rings (SSSR count). The fourth-order valence-corrected chi connectivity index (χ4v) is 1.89. The average molecular weight is 285 g/mol. The molecule has 0 aliphatic rings. The van der Waals surface area contributed by atoms with Gasteiger partial charge in [-0.1, -0.05) is 24.3 Å². The molecule has 0 atom stereocenters. The maximum atomic E-state index is 11.9. The third-order valence-corrected chi connectivity index (χ3v) is 2.75. The summed E-state index contributed by atoms with van der Waals surface area (Å²) < 4.78 is 5.26. The molecule has 0 saturated heterocycles. The molecule has 0 unspecified atom stereocenters. The SMILES string of the molecule is Cc1ccccc1-c1ncncc1NC(=O)OC(C)(C)C. The molecule has 1 aromatic carbocycles. The predicted octanol–water partition coefficient (Wildman–Crippen LogP) is 3.80. The highest BCUT2D eigenvalue weighted by atomic mass is 16.6. The highest BCUT2D eigenvalue weighted by Gasteiger charge is 2.18. The topological polar surface area (TPSA) is 64.1 Å². The van der Waals surface area contributed by atoms with E-state index < -0.39 is 11.7 Å². The molecule has 2 aromatic rings. The van der Waals surface area contributed by atoms with Crippen molar-refractivity contribution in [1.29, 1.82) is 0 Å². The minimum atomic E-state index is -0.553. The van der Waals surface area contributed by atoms with Crippen LogP contribution in [0.3, 0.4) is 0 Å². The summed E-state index contributed by atoms with van der Waals surface area (Å²) in [5, 5.41) is 2.71. The molecule has 0 saturated carbocycles. The van der Waals surface area contributed by atoms with Gasteiger partial charge >= 0.3 is 6.09 Å². The molecule has 5 heteroatoms. The van der Waals surface area contributed by atoms with Gasteiger partial charge in [-0.15, -0.1) is 0 Å². The first-order valence-electron chi connectivity index (χ1n) is 6.73. The second-order valence-corrected chi connectivity index (χ2v) is 5.73. The van der Waals surface area contributed by atoms with E-state index in [2.05, 4.69) is 15.3 Å². The minimum absolute atomic E-state index is 0.521. The number of hydrogen-bond acceptors (Lipinski definition) is 4. The van der Waals surface area contributed by atoms with Crippen LogP contribution in [0.2, 0.25) is 0 Å². The molecule has 0 aliphatic heterocycles. The van der Waals surface area contributed by atoms with Gasteiger partial charge in [-0.2, -0.15) is 0 Å². The number of nitrogens with one attached hydrogen (secondary N) is 1. The lowest BCUT2D eigenvalue weighted by atomic mass is 10.0. The number of nitrogens with zero attached hydrogens (tertiary/aromatic N) is 2. The molecular formula is C16H19N3O2. The van der Waals surface area contributed by atoms with Crippen molar-refractivity contribution in [2.45, 2.75) is 33.3 Å². The molecule has 1 aromatic heterocycles. The zero-order valence-corrected chi connectivity index (χ0v) is 12.7. The lowest BCUT2D eigenvalue weighted by molar-refractivity contribution is 0.0636. The van der Waals surface area contributed by atoms with E-state index in [4.69, 9.17) is 4.74 Å². The van der Waals surface area contributed by atoms with Gasteiger partial charge in [0.05, 0.1) is 17.6 Å². The van der Waals surface area contributed by atoms with Gasteiger partial charge in [0.2, 0.25) is 0 Å². The van der Waals surface area contributed by atoms with Gasteiger partial charge < -0.3 is 4.74 Å². The summed E-state index contributed by atoms with van der Waals surface area (Å²) in [5.74, 6) is 0. The summed E-state index contributed by atoms with van der Waals surface area (Å²) in [6, 6.07) is 7.84. The van der Waals surface area contributed by atoms with E-state index in [-0.39, 0.29) is 0 Å². The van der Waals surface area contributed by atoms with E-state index in [0.717, 1.165) is 11.1 Å². The molecular weight excluding hydrogens is 266 g/mol. The summed E-state index contributed by atoms with van der Waals surface area (Å²) in [6.07, 6.45) is 2.51. The lowest BCUT2D eigenvalue weighted by Gasteiger charge is -2.20. The Bertz CT molecular complexity index is 648. The average Bonchev–Trinajstić information content (AvgIpc) is 2.38. The largest absolute Gasteiger partial charge is 0.444 e. The summed E-state index contributed by atoms with van der Waals surface area (Å²) in [4.78, 5) is 20.2. The number of amides is 1. The van der Waals surface area contributed by atoms with Crippen LogP contribution in [-0.2, 0) is 4.74 Å². The molecule has 1 heterocycles. The smallest absolute Gasteiger partial charge is 0.412 e. The standard InChI is InChI=1S/C16H19N3O2/c1-11-7-5-6-8-12(11)14-13(9-17-10-18-14)19-15(20)21-16(2,3)4/h5-10H,1-4H3,(H,19,20). The number of anilines is 1. The number of carbonyl (C=O) groups excluding carboxylic acids is 1. The Labute approximate surface area is 124 Å². The van der Waals surface area contributed by atoms with Gasteiger partial charge in [0.15, 0.2) is 0 Å². The van der Waals surface area contributed by atoms with Crippen molar-refractivity contribution in [3.8, 4) is 11.3 Å². The zero-order valence-electron chi connectivity index (χ0n) is 12.7. The summed E-state index contributed by atoms with van der Waals surface area (Å²) in [5.41, 5.74) is 2.67. The van der Waals surface area contributed by atoms with Crippen molar-refractivity contribution in [2.24, 2.45) is 0 Å². The van der Waals surface area contributed by atoms with Crippen molar-refractivity contribution < 1.29 is 9.53 Å². The highest BCUT2D eigenvalue weighted by molar-refractivity contribution is 5.90. The van der Waals surface area contributed by atoms with Crippen LogP contribution in [0.15, 0.2) is 36.8 Å². The maximum Gasteiger partial charge on any atom is 0.412 e. The number of rotatable bonds is 2. The van der Waals surface area contributed by atoms with Crippen LogP contribution in [0.1, 0.15) is 26.3 Å².